The first-order chi connectivity index (χ1) is 8.92. The zero-order valence-corrected chi connectivity index (χ0v) is 10.7. The first-order valence-electron chi connectivity index (χ1n) is 5.88. The van der Waals surface area contributed by atoms with Crippen LogP contribution < -0.4 is 0 Å². The summed E-state index contributed by atoms with van der Waals surface area (Å²) in [5, 5.41) is 0.967. The maximum Gasteiger partial charge on any atom is 0.166 e. The largest absolute Gasteiger partial charge is 0.333 e. The Kier molecular flexibility index (Phi) is 3.28. The van der Waals surface area contributed by atoms with Crippen LogP contribution in [0.25, 0.3) is 11.0 Å². The number of aromatic amines is 1. The number of aryl methyl sites for hydroxylation is 1. The fourth-order valence-corrected chi connectivity index (χ4v) is 2.69. The van der Waals surface area contributed by atoms with Gasteiger partial charge in [-0.15, -0.1) is 0 Å². The van der Waals surface area contributed by atoms with Crippen molar-refractivity contribution in [3.63, 3.8) is 0 Å². The van der Waals surface area contributed by atoms with Gasteiger partial charge in [0.2, 0.25) is 0 Å². The maximum absolute atomic E-state index is 4.49. The third kappa shape index (κ3) is 2.54. The summed E-state index contributed by atoms with van der Waals surface area (Å²) < 4.78 is 0. The van der Waals surface area contributed by atoms with E-state index in [1.807, 2.05) is 12.1 Å². The summed E-state index contributed by atoms with van der Waals surface area (Å²) in [6.45, 7) is 0. The Bertz CT molecular complexity index is 601. The first kappa shape index (κ1) is 11.3. The van der Waals surface area contributed by atoms with E-state index in [1.54, 1.807) is 24.2 Å². The van der Waals surface area contributed by atoms with Crippen molar-refractivity contribution in [2.45, 2.75) is 11.6 Å². The average molecular weight is 255 g/mol. The molecule has 0 aliphatic rings. The lowest BCUT2D eigenvalue weighted by molar-refractivity contribution is 1.07. The molecule has 3 aromatic rings. The number of fused-ring (bicyclic) bond motifs is 1. The third-order valence-electron chi connectivity index (χ3n) is 2.74. The van der Waals surface area contributed by atoms with Crippen LogP contribution >= 0.6 is 11.8 Å². The second-order valence-corrected chi connectivity index (χ2v) is 5.10. The number of aromatic nitrogens is 3. The molecule has 3 rings (SSSR count). The molecule has 0 aliphatic carbocycles. The van der Waals surface area contributed by atoms with E-state index in [1.165, 1.54) is 5.56 Å². The first-order valence-corrected chi connectivity index (χ1v) is 6.87. The zero-order valence-electron chi connectivity index (χ0n) is 9.84. The highest BCUT2D eigenvalue weighted by atomic mass is 32.2. The Morgan fingerprint density at radius 3 is 2.83 bits per heavy atom. The van der Waals surface area contributed by atoms with E-state index in [-0.39, 0.29) is 0 Å². The van der Waals surface area contributed by atoms with Gasteiger partial charge in [-0.1, -0.05) is 42.1 Å². The minimum atomic E-state index is 0.930. The van der Waals surface area contributed by atoms with Gasteiger partial charge >= 0.3 is 0 Å². The Balaban J connectivity index is 1.63. The van der Waals surface area contributed by atoms with Crippen molar-refractivity contribution in [2.75, 3.05) is 5.75 Å². The van der Waals surface area contributed by atoms with E-state index in [0.717, 1.165) is 28.4 Å². The molecule has 4 heteroatoms. The second kappa shape index (κ2) is 5.23. The second-order valence-electron chi connectivity index (χ2n) is 4.02. The number of hydrogen-bond donors (Lipinski definition) is 1. The van der Waals surface area contributed by atoms with Crippen molar-refractivity contribution in [1.82, 2.24) is 15.0 Å². The smallest absolute Gasteiger partial charge is 0.166 e. The molecule has 0 radical (unpaired) electrons. The Morgan fingerprint density at radius 2 is 2.00 bits per heavy atom. The quantitative estimate of drug-likeness (QED) is 0.727. The van der Waals surface area contributed by atoms with E-state index in [0.29, 0.717) is 0 Å². The molecule has 0 saturated carbocycles. The van der Waals surface area contributed by atoms with Crippen LogP contribution in [-0.2, 0) is 6.42 Å². The molecule has 0 unspecified atom stereocenters. The molecule has 0 aliphatic heterocycles. The van der Waals surface area contributed by atoms with Crippen LogP contribution in [0, 0.1) is 0 Å². The van der Waals surface area contributed by atoms with Gasteiger partial charge in [-0.25, -0.2) is 4.98 Å². The highest BCUT2D eigenvalue weighted by molar-refractivity contribution is 7.99. The lowest BCUT2D eigenvalue weighted by atomic mass is 10.2. The number of H-pyrrole nitrogens is 1. The number of pyridine rings is 1. The van der Waals surface area contributed by atoms with Gasteiger partial charge in [-0.05, 0) is 18.1 Å². The Labute approximate surface area is 110 Å². The highest BCUT2D eigenvalue weighted by Gasteiger charge is 2.02. The minimum absolute atomic E-state index is 0.930. The van der Waals surface area contributed by atoms with Crippen molar-refractivity contribution in [2.24, 2.45) is 0 Å². The van der Waals surface area contributed by atoms with Crippen LogP contribution in [0.15, 0.2) is 53.9 Å². The summed E-state index contributed by atoms with van der Waals surface area (Å²) in [4.78, 5) is 11.8. The molecule has 0 atom stereocenters. The number of thioether (sulfide) groups is 1. The van der Waals surface area contributed by atoms with Crippen molar-refractivity contribution >= 4 is 22.8 Å². The van der Waals surface area contributed by atoms with Crippen molar-refractivity contribution in [3.05, 3.63) is 54.4 Å². The number of nitrogens with zero attached hydrogens (tertiary/aromatic N) is 2. The predicted octanol–water partition coefficient (Wildman–Crippen LogP) is 3.29. The molecule has 0 spiro atoms. The van der Waals surface area contributed by atoms with Gasteiger partial charge in [0.1, 0.15) is 5.52 Å². The standard InChI is InChI=1S/C14H13N3S/c1-2-4-11(5-3-1)7-9-18-14-16-12-6-8-15-10-13(12)17-14/h1-6,8,10H,7,9H2,(H,16,17). The Morgan fingerprint density at radius 1 is 1.11 bits per heavy atom. The molecule has 1 N–H and O–H groups in total. The lowest BCUT2D eigenvalue weighted by Crippen LogP contribution is -1.88. The summed E-state index contributed by atoms with van der Waals surface area (Å²) in [7, 11) is 0. The van der Waals surface area contributed by atoms with Crippen molar-refractivity contribution in [3.8, 4) is 0 Å². The fourth-order valence-electron chi connectivity index (χ4n) is 1.81. The molecule has 2 heterocycles. The molecule has 0 amide bonds. The summed E-state index contributed by atoms with van der Waals surface area (Å²) in [6.07, 6.45) is 4.62. The van der Waals surface area contributed by atoms with Gasteiger partial charge in [0.25, 0.3) is 0 Å². The topological polar surface area (TPSA) is 41.6 Å². The molecule has 3 nitrogen and oxygen atoms in total. The molecule has 0 saturated heterocycles. The van der Waals surface area contributed by atoms with Gasteiger partial charge < -0.3 is 4.98 Å². The van der Waals surface area contributed by atoms with E-state index in [9.17, 15) is 0 Å². The molecule has 0 fully saturated rings. The minimum Gasteiger partial charge on any atom is -0.333 e. The van der Waals surface area contributed by atoms with Crippen LogP contribution in [-0.4, -0.2) is 20.7 Å². The van der Waals surface area contributed by atoms with E-state index in [2.05, 4.69) is 39.2 Å². The molecule has 1 aromatic carbocycles. The van der Waals surface area contributed by atoms with Crippen LogP contribution in [0.5, 0.6) is 0 Å². The van der Waals surface area contributed by atoms with Crippen LogP contribution in [0.1, 0.15) is 5.56 Å². The number of rotatable bonds is 4. The van der Waals surface area contributed by atoms with E-state index in [4.69, 9.17) is 0 Å². The van der Waals surface area contributed by atoms with Crippen molar-refractivity contribution < 1.29 is 0 Å². The van der Waals surface area contributed by atoms with E-state index < -0.39 is 0 Å². The summed E-state index contributed by atoms with van der Waals surface area (Å²) in [5.74, 6) is 1.03. The SMILES string of the molecule is c1ccc(CCSc2nc3cnccc3[nH]2)cc1. The van der Waals surface area contributed by atoms with Gasteiger partial charge in [0.15, 0.2) is 5.16 Å². The monoisotopic (exact) mass is 255 g/mol. The summed E-state index contributed by atoms with van der Waals surface area (Å²) >= 11 is 1.75. The van der Waals surface area contributed by atoms with E-state index >= 15 is 0 Å². The summed E-state index contributed by atoms with van der Waals surface area (Å²) in [6, 6.07) is 12.5. The Hall–Kier alpha value is -1.81. The summed E-state index contributed by atoms with van der Waals surface area (Å²) in [5.41, 5.74) is 3.34. The number of nitrogens with one attached hydrogen (secondary N) is 1. The molecular formula is C14H13N3S. The predicted molar refractivity (Wildman–Crippen MR) is 74.8 cm³/mol. The average Bonchev–Trinajstić information content (AvgIpc) is 2.82. The molecular weight excluding hydrogens is 242 g/mol. The van der Waals surface area contributed by atoms with Crippen LogP contribution in [0.3, 0.4) is 0 Å². The third-order valence-corrected chi connectivity index (χ3v) is 3.61. The highest BCUT2D eigenvalue weighted by Crippen LogP contribution is 2.19. The lowest BCUT2D eigenvalue weighted by Gasteiger charge is -1.98. The fraction of sp³-hybridized carbons (Fsp3) is 0.143. The van der Waals surface area contributed by atoms with Crippen LogP contribution in [0.4, 0.5) is 0 Å². The number of benzene rings is 1. The normalized spacial score (nSPS) is 10.9. The maximum atomic E-state index is 4.49. The molecule has 90 valence electrons. The number of imidazole rings is 1. The molecule has 0 bridgehead atoms. The molecule has 18 heavy (non-hydrogen) atoms. The van der Waals surface area contributed by atoms with Gasteiger partial charge in [0.05, 0.1) is 11.7 Å². The van der Waals surface area contributed by atoms with Gasteiger partial charge in [-0.2, -0.15) is 0 Å². The van der Waals surface area contributed by atoms with Gasteiger partial charge in [0, 0.05) is 11.9 Å². The van der Waals surface area contributed by atoms with Crippen molar-refractivity contribution in [1.29, 1.82) is 0 Å². The zero-order chi connectivity index (χ0) is 12.2. The van der Waals surface area contributed by atoms with Gasteiger partial charge in [-0.3, -0.25) is 4.98 Å². The van der Waals surface area contributed by atoms with Crippen LogP contribution in [0.2, 0.25) is 0 Å². The molecule has 2 aromatic heterocycles. The number of hydrogen-bond acceptors (Lipinski definition) is 3.